The second-order valence-electron chi connectivity index (χ2n) is 6.43. The topological polar surface area (TPSA) is 75.2 Å². The number of carbonyl (C=O) groups is 1. The lowest BCUT2D eigenvalue weighted by Gasteiger charge is -2.53. The van der Waals surface area contributed by atoms with Gasteiger partial charge in [-0.3, -0.25) is 5.10 Å². The van der Waals surface area contributed by atoms with Gasteiger partial charge < -0.3 is 9.84 Å². The highest BCUT2D eigenvalue weighted by Gasteiger charge is 2.49. The Morgan fingerprint density at radius 1 is 1.21 bits per heavy atom. The summed E-state index contributed by atoms with van der Waals surface area (Å²) in [5.41, 5.74) is 0.0776. The van der Waals surface area contributed by atoms with E-state index in [0.29, 0.717) is 17.6 Å². The molecule has 4 saturated carbocycles. The van der Waals surface area contributed by atoms with Gasteiger partial charge in [0.1, 0.15) is 6.10 Å². The Morgan fingerprint density at radius 2 is 1.84 bits per heavy atom. The highest BCUT2D eigenvalue weighted by atomic mass is 16.5. The number of aromatic amines is 1. The van der Waals surface area contributed by atoms with E-state index in [-0.39, 0.29) is 11.8 Å². The molecule has 1 heterocycles. The van der Waals surface area contributed by atoms with Crippen LogP contribution in [0.15, 0.2) is 6.20 Å². The minimum atomic E-state index is -1.00. The molecule has 0 unspecified atom stereocenters. The van der Waals surface area contributed by atoms with Crippen LogP contribution in [0.5, 0.6) is 5.75 Å². The normalized spacial score (nSPS) is 39.5. The monoisotopic (exact) mass is 262 g/mol. The highest BCUT2D eigenvalue weighted by molar-refractivity contribution is 5.88. The smallest absolute Gasteiger partial charge is 0.357 e. The molecule has 4 fully saturated rings. The average molecular weight is 262 g/mol. The number of ether oxygens (including phenoxy) is 1. The van der Waals surface area contributed by atoms with E-state index >= 15 is 0 Å². The van der Waals surface area contributed by atoms with Crippen molar-refractivity contribution in [3.05, 3.63) is 11.9 Å². The number of H-pyrrole nitrogens is 1. The van der Waals surface area contributed by atoms with E-state index in [0.717, 1.165) is 11.8 Å². The first-order valence-electron chi connectivity index (χ1n) is 7.14. The fourth-order valence-electron chi connectivity index (χ4n) is 4.73. The number of carboxylic acid groups (broad SMARTS) is 1. The first-order chi connectivity index (χ1) is 9.20. The van der Waals surface area contributed by atoms with Crippen LogP contribution < -0.4 is 4.74 Å². The Kier molecular flexibility index (Phi) is 2.37. The summed E-state index contributed by atoms with van der Waals surface area (Å²) in [7, 11) is 0. The number of nitrogens with one attached hydrogen (secondary N) is 1. The van der Waals surface area contributed by atoms with E-state index in [1.54, 1.807) is 0 Å². The van der Waals surface area contributed by atoms with Gasteiger partial charge in [-0.05, 0) is 55.8 Å². The molecule has 2 N–H and O–H groups in total. The Labute approximate surface area is 111 Å². The van der Waals surface area contributed by atoms with E-state index in [1.807, 2.05) is 0 Å². The molecule has 0 aliphatic heterocycles. The molecule has 0 aromatic carbocycles. The van der Waals surface area contributed by atoms with Crippen LogP contribution in [0.3, 0.4) is 0 Å². The summed E-state index contributed by atoms with van der Waals surface area (Å²) < 4.78 is 6.05. The van der Waals surface area contributed by atoms with Crippen molar-refractivity contribution in [2.75, 3.05) is 0 Å². The quantitative estimate of drug-likeness (QED) is 0.876. The number of hydrogen-bond donors (Lipinski definition) is 2. The molecule has 1 aromatic heterocycles. The van der Waals surface area contributed by atoms with Crippen LogP contribution in [-0.2, 0) is 0 Å². The van der Waals surface area contributed by atoms with Crippen LogP contribution in [0.1, 0.15) is 42.6 Å². The highest BCUT2D eigenvalue weighted by Crippen LogP contribution is 2.54. The molecule has 4 aliphatic carbocycles. The zero-order valence-corrected chi connectivity index (χ0v) is 10.7. The van der Waals surface area contributed by atoms with Crippen molar-refractivity contribution in [2.24, 2.45) is 23.7 Å². The summed E-state index contributed by atoms with van der Waals surface area (Å²) in [5, 5.41) is 15.4. The predicted molar refractivity (Wildman–Crippen MR) is 67.0 cm³/mol. The van der Waals surface area contributed by atoms with Crippen LogP contribution in [0, 0.1) is 23.7 Å². The lowest BCUT2D eigenvalue weighted by atomic mass is 9.55. The number of aromatic carboxylic acids is 1. The van der Waals surface area contributed by atoms with Crippen molar-refractivity contribution >= 4 is 5.97 Å². The van der Waals surface area contributed by atoms with E-state index < -0.39 is 5.97 Å². The van der Waals surface area contributed by atoms with E-state index in [4.69, 9.17) is 9.84 Å². The third kappa shape index (κ3) is 1.75. The average Bonchev–Trinajstić information content (AvgIpc) is 2.81. The third-order valence-electron chi connectivity index (χ3n) is 5.22. The molecule has 19 heavy (non-hydrogen) atoms. The Balaban J connectivity index is 1.57. The summed E-state index contributed by atoms with van der Waals surface area (Å²) in [6.45, 7) is 0. The fraction of sp³-hybridized carbons (Fsp3) is 0.714. The van der Waals surface area contributed by atoms with Crippen LogP contribution in [0.25, 0.3) is 0 Å². The Morgan fingerprint density at radius 3 is 2.42 bits per heavy atom. The number of hydrogen-bond acceptors (Lipinski definition) is 3. The molecule has 4 aliphatic rings. The lowest BCUT2D eigenvalue weighted by molar-refractivity contribution is -0.0792. The molecule has 5 nitrogen and oxygen atoms in total. The molecule has 0 radical (unpaired) electrons. The van der Waals surface area contributed by atoms with Crippen molar-refractivity contribution in [1.82, 2.24) is 10.2 Å². The van der Waals surface area contributed by atoms with Crippen molar-refractivity contribution in [3.8, 4) is 5.75 Å². The van der Waals surface area contributed by atoms with E-state index in [1.165, 1.54) is 38.3 Å². The van der Waals surface area contributed by atoms with Crippen molar-refractivity contribution in [2.45, 2.75) is 38.2 Å². The van der Waals surface area contributed by atoms with Crippen LogP contribution >= 0.6 is 0 Å². The molecule has 5 rings (SSSR count). The van der Waals surface area contributed by atoms with E-state index in [2.05, 4.69) is 10.2 Å². The van der Waals surface area contributed by atoms with E-state index in [9.17, 15) is 4.79 Å². The maximum atomic E-state index is 11.1. The van der Waals surface area contributed by atoms with Gasteiger partial charge in [0, 0.05) is 0 Å². The van der Waals surface area contributed by atoms with Gasteiger partial charge in [0.25, 0.3) is 0 Å². The van der Waals surface area contributed by atoms with Crippen LogP contribution in [-0.4, -0.2) is 27.4 Å². The summed E-state index contributed by atoms with van der Waals surface area (Å²) in [6.07, 6.45) is 8.15. The minimum Gasteiger partial charge on any atom is -0.486 e. The van der Waals surface area contributed by atoms with Gasteiger partial charge in [-0.2, -0.15) is 5.10 Å². The molecule has 0 amide bonds. The molecule has 102 valence electrons. The van der Waals surface area contributed by atoms with Crippen molar-refractivity contribution in [1.29, 1.82) is 0 Å². The van der Waals surface area contributed by atoms with Gasteiger partial charge in [-0.1, -0.05) is 0 Å². The number of carboxylic acids is 1. The summed E-state index contributed by atoms with van der Waals surface area (Å²) >= 11 is 0. The first-order valence-corrected chi connectivity index (χ1v) is 7.14. The molecular formula is C14H18N2O3. The van der Waals surface area contributed by atoms with Gasteiger partial charge in [0.05, 0.1) is 6.20 Å². The molecule has 0 spiro atoms. The second kappa shape index (κ2) is 3.99. The predicted octanol–water partition coefficient (Wildman–Crippen LogP) is 2.31. The Hall–Kier alpha value is -1.52. The standard InChI is InChI=1S/C14H18N2O3/c17-14(18)12-11(6-15-16-12)19-13-9-2-7-1-8(4-9)5-10(13)3-7/h6-10,13H,1-5H2,(H,15,16)(H,17,18). The summed E-state index contributed by atoms with van der Waals surface area (Å²) in [5.74, 6) is 2.43. The van der Waals surface area contributed by atoms with Crippen molar-refractivity contribution < 1.29 is 14.6 Å². The zero-order valence-electron chi connectivity index (χ0n) is 10.7. The minimum absolute atomic E-state index is 0.0776. The zero-order chi connectivity index (χ0) is 13.0. The molecule has 5 heteroatoms. The van der Waals surface area contributed by atoms with Gasteiger partial charge in [-0.25, -0.2) is 4.79 Å². The Bertz CT molecular complexity index is 483. The molecule has 4 bridgehead atoms. The number of nitrogens with zero attached hydrogens (tertiary/aromatic N) is 1. The summed E-state index contributed by atoms with van der Waals surface area (Å²) in [4.78, 5) is 11.1. The maximum absolute atomic E-state index is 11.1. The van der Waals surface area contributed by atoms with Gasteiger partial charge >= 0.3 is 5.97 Å². The van der Waals surface area contributed by atoms with Crippen LogP contribution in [0.2, 0.25) is 0 Å². The molecule has 0 atom stereocenters. The lowest BCUT2D eigenvalue weighted by Crippen LogP contribution is -2.50. The molecule has 1 aromatic rings. The SMILES string of the molecule is O=C(O)c1[nH]ncc1OC1C2CC3CC(C2)CC1C3. The molecular weight excluding hydrogens is 244 g/mol. The number of rotatable bonds is 3. The van der Waals surface area contributed by atoms with Crippen LogP contribution in [0.4, 0.5) is 0 Å². The maximum Gasteiger partial charge on any atom is 0.357 e. The van der Waals surface area contributed by atoms with Crippen molar-refractivity contribution in [3.63, 3.8) is 0 Å². The summed E-state index contributed by atoms with van der Waals surface area (Å²) in [6, 6.07) is 0. The molecule has 0 saturated heterocycles. The number of aromatic nitrogens is 2. The fourth-order valence-corrected chi connectivity index (χ4v) is 4.73. The van der Waals surface area contributed by atoms with Gasteiger partial charge in [0.2, 0.25) is 0 Å². The third-order valence-corrected chi connectivity index (χ3v) is 5.22. The second-order valence-corrected chi connectivity index (χ2v) is 6.43. The largest absolute Gasteiger partial charge is 0.486 e. The van der Waals surface area contributed by atoms with Gasteiger partial charge in [0.15, 0.2) is 11.4 Å². The van der Waals surface area contributed by atoms with Gasteiger partial charge in [-0.15, -0.1) is 0 Å². The first kappa shape index (κ1) is 11.3.